The van der Waals surface area contributed by atoms with Crippen molar-refractivity contribution in [1.82, 2.24) is 19.4 Å². The Morgan fingerprint density at radius 3 is 2.30 bits per heavy atom. The number of nitrogens with zero attached hydrogens (tertiary/aromatic N) is 3. The second kappa shape index (κ2) is 9.67. The predicted octanol–water partition coefficient (Wildman–Crippen LogP) is 4.23. The molecule has 1 N–H and O–H groups in total. The number of hydrogen-bond acceptors (Lipinski definition) is 4. The summed E-state index contributed by atoms with van der Waals surface area (Å²) in [6, 6.07) is 15.5. The lowest BCUT2D eigenvalue weighted by Crippen LogP contribution is -2.46. The molecule has 0 aliphatic carbocycles. The lowest BCUT2D eigenvalue weighted by atomic mass is 10.0. The average molecular weight is 487 g/mol. The van der Waals surface area contributed by atoms with Crippen LogP contribution in [0.2, 0.25) is 5.02 Å². The third-order valence-electron chi connectivity index (χ3n) is 5.81. The summed E-state index contributed by atoms with van der Waals surface area (Å²) < 4.78 is 29.8. The summed E-state index contributed by atoms with van der Waals surface area (Å²) in [5, 5.41) is 5.12. The van der Waals surface area contributed by atoms with E-state index in [-0.39, 0.29) is 22.8 Å². The van der Waals surface area contributed by atoms with Crippen molar-refractivity contribution in [2.45, 2.75) is 43.5 Å². The summed E-state index contributed by atoms with van der Waals surface area (Å²) in [5.41, 5.74) is 2.26. The molecule has 1 amide bonds. The molecule has 0 radical (unpaired) electrons. The van der Waals surface area contributed by atoms with Crippen LogP contribution < -0.4 is 4.72 Å². The molecule has 1 saturated heterocycles. The van der Waals surface area contributed by atoms with Gasteiger partial charge in [0.2, 0.25) is 10.0 Å². The van der Waals surface area contributed by atoms with Gasteiger partial charge in [-0.15, -0.1) is 0 Å². The summed E-state index contributed by atoms with van der Waals surface area (Å²) >= 11 is 6.01. The Bertz CT molecular complexity index is 1220. The quantitative estimate of drug-likeness (QED) is 0.565. The summed E-state index contributed by atoms with van der Waals surface area (Å²) in [7, 11) is -3.57. The molecule has 33 heavy (non-hydrogen) atoms. The molecule has 0 unspecified atom stereocenters. The largest absolute Gasteiger partial charge is 0.338 e. The number of benzene rings is 2. The van der Waals surface area contributed by atoms with Gasteiger partial charge in [-0.25, -0.2) is 17.8 Å². The van der Waals surface area contributed by atoms with E-state index in [1.54, 1.807) is 58.2 Å². The molecule has 1 fully saturated rings. The van der Waals surface area contributed by atoms with Crippen molar-refractivity contribution >= 4 is 27.5 Å². The first-order valence-corrected chi connectivity index (χ1v) is 12.8. The second-order valence-electron chi connectivity index (χ2n) is 8.49. The van der Waals surface area contributed by atoms with E-state index >= 15 is 0 Å². The molecule has 1 aliphatic rings. The third-order valence-corrected chi connectivity index (χ3v) is 7.60. The van der Waals surface area contributed by atoms with Crippen LogP contribution in [0.25, 0.3) is 5.69 Å². The molecule has 0 saturated carbocycles. The minimum absolute atomic E-state index is 0.0803. The number of rotatable bonds is 6. The van der Waals surface area contributed by atoms with E-state index in [2.05, 4.69) is 9.82 Å². The molecule has 0 bridgehead atoms. The summed E-state index contributed by atoms with van der Waals surface area (Å²) in [5.74, 6) is 0.000583. The Morgan fingerprint density at radius 2 is 1.70 bits per heavy atom. The van der Waals surface area contributed by atoms with Crippen LogP contribution in [0.15, 0.2) is 65.7 Å². The van der Waals surface area contributed by atoms with E-state index in [9.17, 15) is 13.2 Å². The van der Waals surface area contributed by atoms with Gasteiger partial charge in [0.15, 0.2) is 0 Å². The van der Waals surface area contributed by atoms with Gasteiger partial charge in [0.1, 0.15) is 0 Å². The smallest absolute Gasteiger partial charge is 0.257 e. The van der Waals surface area contributed by atoms with Gasteiger partial charge in [-0.1, -0.05) is 43.6 Å². The molecule has 0 atom stereocenters. The van der Waals surface area contributed by atoms with Crippen LogP contribution in [-0.4, -0.2) is 48.1 Å². The molecule has 1 aliphatic heterocycles. The minimum atomic E-state index is -3.57. The maximum atomic E-state index is 13.3. The van der Waals surface area contributed by atoms with Crippen LogP contribution in [0.4, 0.5) is 0 Å². The highest BCUT2D eigenvalue weighted by Gasteiger charge is 2.30. The molecule has 1 aromatic heterocycles. The summed E-state index contributed by atoms with van der Waals surface area (Å²) in [6.45, 7) is 5.02. The predicted molar refractivity (Wildman–Crippen MR) is 128 cm³/mol. The van der Waals surface area contributed by atoms with Crippen molar-refractivity contribution in [3.8, 4) is 5.69 Å². The standard InChI is InChI=1S/C24H27ClN4O3S/c1-17(2)23-22(16-26-29(23)20-10-8-18(25)9-11-20)24(30)28-14-12-19(13-15-28)27-33(31,32)21-6-4-3-5-7-21/h3-11,16-17,19,27H,12-15H2,1-2H3. The number of piperidine rings is 1. The zero-order chi connectivity index (χ0) is 23.6. The Labute approximate surface area is 199 Å². The fourth-order valence-electron chi connectivity index (χ4n) is 4.12. The number of hydrogen-bond donors (Lipinski definition) is 1. The number of nitrogens with one attached hydrogen (secondary N) is 1. The van der Waals surface area contributed by atoms with E-state index in [0.717, 1.165) is 11.4 Å². The SMILES string of the molecule is CC(C)c1c(C(=O)N2CCC(NS(=O)(=O)c3ccccc3)CC2)cnn1-c1ccc(Cl)cc1. The molecular formula is C24H27ClN4O3S. The number of amides is 1. The van der Waals surface area contributed by atoms with Gasteiger partial charge < -0.3 is 4.90 Å². The van der Waals surface area contributed by atoms with E-state index in [1.807, 2.05) is 26.0 Å². The van der Waals surface area contributed by atoms with Crippen molar-refractivity contribution in [3.63, 3.8) is 0 Å². The molecule has 174 valence electrons. The van der Waals surface area contributed by atoms with Gasteiger partial charge >= 0.3 is 0 Å². The Hall–Kier alpha value is -2.68. The summed E-state index contributed by atoms with van der Waals surface area (Å²) in [6.07, 6.45) is 2.73. The van der Waals surface area contributed by atoms with Crippen molar-refractivity contribution in [1.29, 1.82) is 0 Å². The van der Waals surface area contributed by atoms with E-state index < -0.39 is 10.0 Å². The highest BCUT2D eigenvalue weighted by molar-refractivity contribution is 7.89. The zero-order valence-corrected chi connectivity index (χ0v) is 20.2. The lowest BCUT2D eigenvalue weighted by molar-refractivity contribution is 0.0709. The Kier molecular flexibility index (Phi) is 6.88. The fourth-order valence-corrected chi connectivity index (χ4v) is 5.58. The Balaban J connectivity index is 1.46. The van der Waals surface area contributed by atoms with Gasteiger partial charge in [-0.05, 0) is 55.2 Å². The third kappa shape index (κ3) is 5.13. The van der Waals surface area contributed by atoms with Crippen LogP contribution >= 0.6 is 11.6 Å². The van der Waals surface area contributed by atoms with Crippen molar-refractivity contribution < 1.29 is 13.2 Å². The highest BCUT2D eigenvalue weighted by Crippen LogP contribution is 2.26. The highest BCUT2D eigenvalue weighted by atomic mass is 35.5. The van der Waals surface area contributed by atoms with Crippen LogP contribution in [0, 0.1) is 0 Å². The van der Waals surface area contributed by atoms with Crippen LogP contribution in [0.1, 0.15) is 48.7 Å². The zero-order valence-electron chi connectivity index (χ0n) is 18.6. The molecule has 3 aromatic rings. The molecule has 4 rings (SSSR count). The first-order valence-electron chi connectivity index (χ1n) is 11.0. The molecule has 2 aromatic carbocycles. The second-order valence-corrected chi connectivity index (χ2v) is 10.6. The average Bonchev–Trinajstić information content (AvgIpc) is 3.25. The van der Waals surface area contributed by atoms with E-state index in [0.29, 0.717) is 36.5 Å². The normalized spacial score (nSPS) is 15.2. The van der Waals surface area contributed by atoms with E-state index in [1.165, 1.54) is 0 Å². The fraction of sp³-hybridized carbons (Fsp3) is 0.333. The number of carbonyl (C=O) groups excluding carboxylic acids is 1. The number of sulfonamides is 1. The maximum absolute atomic E-state index is 13.3. The monoisotopic (exact) mass is 486 g/mol. The van der Waals surface area contributed by atoms with Crippen LogP contribution in [-0.2, 0) is 10.0 Å². The molecule has 2 heterocycles. The van der Waals surface area contributed by atoms with Gasteiger partial charge in [0.25, 0.3) is 5.91 Å². The van der Waals surface area contributed by atoms with Crippen molar-refractivity contribution in [2.24, 2.45) is 0 Å². The lowest BCUT2D eigenvalue weighted by Gasteiger charge is -2.32. The molecular weight excluding hydrogens is 460 g/mol. The van der Waals surface area contributed by atoms with Crippen LogP contribution in [0.3, 0.4) is 0 Å². The van der Waals surface area contributed by atoms with Crippen molar-refractivity contribution in [2.75, 3.05) is 13.1 Å². The van der Waals surface area contributed by atoms with Gasteiger partial charge in [-0.2, -0.15) is 5.10 Å². The van der Waals surface area contributed by atoms with Crippen molar-refractivity contribution in [3.05, 3.63) is 77.1 Å². The number of halogens is 1. The van der Waals surface area contributed by atoms with Crippen LogP contribution in [0.5, 0.6) is 0 Å². The molecule has 7 nitrogen and oxygen atoms in total. The summed E-state index contributed by atoms with van der Waals surface area (Å²) in [4.78, 5) is 15.4. The van der Waals surface area contributed by atoms with Gasteiger partial charge in [0, 0.05) is 24.2 Å². The van der Waals surface area contributed by atoms with Gasteiger partial charge in [-0.3, -0.25) is 4.79 Å². The number of aromatic nitrogens is 2. The molecule has 0 spiro atoms. The first-order chi connectivity index (χ1) is 15.8. The topological polar surface area (TPSA) is 84.3 Å². The van der Waals surface area contributed by atoms with E-state index in [4.69, 9.17) is 11.6 Å². The number of likely N-dealkylation sites (tertiary alicyclic amines) is 1. The Morgan fingerprint density at radius 1 is 1.06 bits per heavy atom. The van der Waals surface area contributed by atoms with Gasteiger partial charge in [0.05, 0.1) is 28.0 Å². The first kappa shape index (κ1) is 23.5. The number of carbonyl (C=O) groups is 1. The minimum Gasteiger partial charge on any atom is -0.338 e. The molecule has 9 heteroatoms. The maximum Gasteiger partial charge on any atom is 0.257 e.